The van der Waals surface area contributed by atoms with Crippen molar-refractivity contribution in [2.45, 2.75) is 30.8 Å². The standard InChI is InChI=1S/C19H21N5O2S/c1-3-26-17-12-8-7-11-16(17)24-19(21-22-23-24)27-14(2)18(25)20-13-15-9-5-4-6-10-15/h4-12,14H,3,13H2,1-2H3,(H,20,25)/t14-/m1/s1. The van der Waals surface area contributed by atoms with Gasteiger partial charge in [0, 0.05) is 6.54 Å². The number of carbonyl (C=O) groups excluding carboxylic acids is 1. The third kappa shape index (κ3) is 4.85. The number of amides is 1. The molecule has 1 atom stereocenters. The summed E-state index contributed by atoms with van der Waals surface area (Å²) in [5.74, 6) is 0.617. The third-order valence-electron chi connectivity index (χ3n) is 3.80. The number of nitrogens with one attached hydrogen (secondary N) is 1. The molecule has 27 heavy (non-hydrogen) atoms. The number of carbonyl (C=O) groups is 1. The lowest BCUT2D eigenvalue weighted by atomic mass is 10.2. The van der Waals surface area contributed by atoms with E-state index in [9.17, 15) is 4.79 Å². The molecule has 0 aliphatic heterocycles. The minimum Gasteiger partial charge on any atom is -0.492 e. The van der Waals surface area contributed by atoms with Crippen molar-refractivity contribution in [1.82, 2.24) is 25.5 Å². The number of para-hydroxylation sites is 2. The molecule has 0 fully saturated rings. The van der Waals surface area contributed by atoms with Crippen molar-refractivity contribution < 1.29 is 9.53 Å². The molecule has 140 valence electrons. The molecule has 0 aliphatic rings. The highest BCUT2D eigenvalue weighted by Crippen LogP contribution is 2.27. The lowest BCUT2D eigenvalue weighted by Gasteiger charge is -2.13. The molecule has 0 saturated heterocycles. The van der Waals surface area contributed by atoms with Gasteiger partial charge in [-0.3, -0.25) is 4.79 Å². The number of rotatable bonds is 8. The van der Waals surface area contributed by atoms with Gasteiger partial charge in [-0.1, -0.05) is 54.2 Å². The second kappa shape index (κ2) is 9.18. The Hall–Kier alpha value is -2.87. The summed E-state index contributed by atoms with van der Waals surface area (Å²) in [4.78, 5) is 12.4. The molecule has 0 spiro atoms. The van der Waals surface area contributed by atoms with Gasteiger partial charge in [0.05, 0.1) is 11.9 Å². The van der Waals surface area contributed by atoms with Gasteiger partial charge in [-0.25, -0.2) is 0 Å². The first-order chi connectivity index (χ1) is 13.2. The van der Waals surface area contributed by atoms with E-state index in [0.717, 1.165) is 11.3 Å². The van der Waals surface area contributed by atoms with E-state index in [1.165, 1.54) is 11.8 Å². The summed E-state index contributed by atoms with van der Waals surface area (Å²) in [5.41, 5.74) is 1.79. The average molecular weight is 383 g/mol. The Morgan fingerprint density at radius 2 is 1.93 bits per heavy atom. The molecule has 0 unspecified atom stereocenters. The van der Waals surface area contributed by atoms with E-state index in [2.05, 4.69) is 20.8 Å². The van der Waals surface area contributed by atoms with E-state index in [-0.39, 0.29) is 11.2 Å². The minimum atomic E-state index is -0.349. The van der Waals surface area contributed by atoms with E-state index in [0.29, 0.717) is 24.1 Å². The van der Waals surface area contributed by atoms with E-state index >= 15 is 0 Å². The molecular weight excluding hydrogens is 362 g/mol. The van der Waals surface area contributed by atoms with E-state index in [1.54, 1.807) is 4.68 Å². The molecule has 7 nitrogen and oxygen atoms in total. The number of aromatic nitrogens is 4. The fraction of sp³-hybridized carbons (Fsp3) is 0.263. The lowest BCUT2D eigenvalue weighted by Crippen LogP contribution is -2.30. The van der Waals surface area contributed by atoms with E-state index in [4.69, 9.17) is 4.74 Å². The topological polar surface area (TPSA) is 81.9 Å². The first-order valence-corrected chi connectivity index (χ1v) is 9.56. The van der Waals surface area contributed by atoms with Crippen molar-refractivity contribution in [3.05, 3.63) is 60.2 Å². The average Bonchev–Trinajstić information content (AvgIpc) is 3.15. The van der Waals surface area contributed by atoms with Crippen molar-refractivity contribution in [2.75, 3.05) is 6.61 Å². The van der Waals surface area contributed by atoms with Gasteiger partial charge >= 0.3 is 0 Å². The van der Waals surface area contributed by atoms with Crippen LogP contribution in [0.3, 0.4) is 0 Å². The van der Waals surface area contributed by atoms with Gasteiger partial charge < -0.3 is 10.1 Å². The van der Waals surface area contributed by atoms with Crippen LogP contribution >= 0.6 is 11.8 Å². The fourth-order valence-corrected chi connectivity index (χ4v) is 3.28. The van der Waals surface area contributed by atoms with Crippen LogP contribution in [0.2, 0.25) is 0 Å². The first-order valence-electron chi connectivity index (χ1n) is 8.68. The Labute approximate surface area is 162 Å². The molecule has 1 N–H and O–H groups in total. The quantitative estimate of drug-likeness (QED) is 0.603. The maximum atomic E-state index is 12.4. The molecule has 0 saturated carbocycles. The van der Waals surface area contributed by atoms with Gasteiger partial charge in [0.1, 0.15) is 11.4 Å². The van der Waals surface area contributed by atoms with Crippen LogP contribution in [0.5, 0.6) is 5.75 Å². The maximum Gasteiger partial charge on any atom is 0.233 e. The predicted molar refractivity (Wildman–Crippen MR) is 104 cm³/mol. The molecule has 2 aromatic carbocycles. The van der Waals surface area contributed by atoms with Gasteiger partial charge in [-0.05, 0) is 42.0 Å². The molecule has 3 rings (SSSR count). The van der Waals surface area contributed by atoms with E-state index < -0.39 is 0 Å². The minimum absolute atomic E-state index is 0.0727. The van der Waals surface area contributed by atoms with Crippen molar-refractivity contribution >= 4 is 17.7 Å². The normalized spacial score (nSPS) is 11.8. The summed E-state index contributed by atoms with van der Waals surface area (Å²) in [6, 6.07) is 17.3. The molecule has 0 radical (unpaired) electrons. The Kier molecular flexibility index (Phi) is 6.43. The number of benzene rings is 2. The van der Waals surface area contributed by atoms with Crippen LogP contribution in [-0.4, -0.2) is 38.0 Å². The number of nitrogens with zero attached hydrogens (tertiary/aromatic N) is 4. The van der Waals surface area contributed by atoms with Crippen LogP contribution in [0, 0.1) is 0 Å². The van der Waals surface area contributed by atoms with Crippen molar-refractivity contribution in [3.8, 4) is 11.4 Å². The first kappa shape index (κ1) is 18.9. The van der Waals surface area contributed by atoms with Crippen LogP contribution in [-0.2, 0) is 11.3 Å². The zero-order valence-corrected chi connectivity index (χ0v) is 16.0. The van der Waals surface area contributed by atoms with Gasteiger partial charge in [-0.15, -0.1) is 5.10 Å². The third-order valence-corrected chi connectivity index (χ3v) is 4.83. The zero-order valence-electron chi connectivity index (χ0n) is 15.2. The number of hydrogen-bond acceptors (Lipinski definition) is 6. The molecule has 1 aromatic heterocycles. The van der Waals surface area contributed by atoms with Crippen LogP contribution < -0.4 is 10.1 Å². The van der Waals surface area contributed by atoms with Gasteiger partial charge in [0.15, 0.2) is 0 Å². The number of hydrogen-bond donors (Lipinski definition) is 1. The van der Waals surface area contributed by atoms with E-state index in [1.807, 2.05) is 68.4 Å². The summed E-state index contributed by atoms with van der Waals surface area (Å²) >= 11 is 1.30. The number of thioether (sulfide) groups is 1. The number of tetrazole rings is 1. The Morgan fingerprint density at radius 3 is 2.70 bits per heavy atom. The fourth-order valence-electron chi connectivity index (χ4n) is 2.45. The summed E-state index contributed by atoms with van der Waals surface area (Å²) in [7, 11) is 0. The highest BCUT2D eigenvalue weighted by atomic mass is 32.2. The Balaban J connectivity index is 1.68. The molecule has 1 amide bonds. The van der Waals surface area contributed by atoms with Crippen LogP contribution in [0.1, 0.15) is 19.4 Å². The second-order valence-corrected chi connectivity index (χ2v) is 7.05. The molecule has 3 aromatic rings. The van der Waals surface area contributed by atoms with Gasteiger partial charge in [-0.2, -0.15) is 4.68 Å². The summed E-state index contributed by atoms with van der Waals surface area (Å²) in [5, 5.41) is 15.0. The number of ether oxygens (including phenoxy) is 1. The van der Waals surface area contributed by atoms with Crippen molar-refractivity contribution in [2.24, 2.45) is 0 Å². The van der Waals surface area contributed by atoms with Crippen LogP contribution in [0.15, 0.2) is 59.8 Å². The summed E-state index contributed by atoms with van der Waals surface area (Å²) in [6.45, 7) is 4.78. The largest absolute Gasteiger partial charge is 0.492 e. The highest BCUT2D eigenvalue weighted by Gasteiger charge is 2.20. The summed E-state index contributed by atoms with van der Waals surface area (Å²) < 4.78 is 7.24. The Morgan fingerprint density at radius 1 is 1.19 bits per heavy atom. The molecule has 0 bridgehead atoms. The lowest BCUT2D eigenvalue weighted by molar-refractivity contribution is -0.120. The predicted octanol–water partition coefficient (Wildman–Crippen LogP) is 2.86. The monoisotopic (exact) mass is 383 g/mol. The zero-order chi connectivity index (χ0) is 19.1. The van der Waals surface area contributed by atoms with Gasteiger partial charge in [0.2, 0.25) is 11.1 Å². The molecule has 0 aliphatic carbocycles. The summed E-state index contributed by atoms with van der Waals surface area (Å²) in [6.07, 6.45) is 0. The van der Waals surface area contributed by atoms with Crippen molar-refractivity contribution in [1.29, 1.82) is 0 Å². The highest BCUT2D eigenvalue weighted by molar-refractivity contribution is 8.00. The molecule has 1 heterocycles. The SMILES string of the molecule is CCOc1ccccc1-n1nnnc1S[C@H](C)C(=O)NCc1ccccc1. The smallest absolute Gasteiger partial charge is 0.233 e. The molecular formula is C19H21N5O2S. The second-order valence-electron chi connectivity index (χ2n) is 5.74. The van der Waals surface area contributed by atoms with Crippen molar-refractivity contribution in [3.63, 3.8) is 0 Å². The van der Waals surface area contributed by atoms with Crippen LogP contribution in [0.4, 0.5) is 0 Å². The maximum absolute atomic E-state index is 12.4. The van der Waals surface area contributed by atoms with Gasteiger partial charge in [0.25, 0.3) is 0 Å². The molecule has 8 heteroatoms. The Bertz CT molecular complexity index is 885. The van der Waals surface area contributed by atoms with Crippen LogP contribution in [0.25, 0.3) is 5.69 Å².